The fraction of sp³-hybridized carbons (Fsp3) is 0.300. The van der Waals surface area contributed by atoms with Crippen LogP contribution in [-0.4, -0.2) is 35.4 Å². The number of ketones is 1. The second kappa shape index (κ2) is 7.74. The van der Waals surface area contributed by atoms with E-state index in [-0.39, 0.29) is 11.3 Å². The van der Waals surface area contributed by atoms with E-state index in [4.69, 9.17) is 16.3 Å². The van der Waals surface area contributed by atoms with E-state index in [9.17, 15) is 14.7 Å². The maximum Gasteiger partial charge on any atom is 0.295 e. The lowest BCUT2D eigenvalue weighted by molar-refractivity contribution is -0.139. The molecule has 2 aromatic rings. The molecule has 0 aliphatic carbocycles. The fourth-order valence-electron chi connectivity index (χ4n) is 3.26. The highest BCUT2D eigenvalue weighted by Gasteiger charge is 2.46. The summed E-state index contributed by atoms with van der Waals surface area (Å²) in [5, 5.41) is 13.2. The number of carbonyl (C=O) groups excluding carboxylic acids is 2. The van der Waals surface area contributed by atoms with E-state index in [0.717, 1.165) is 10.4 Å². The third-order valence-corrected chi connectivity index (χ3v) is 5.95. The van der Waals surface area contributed by atoms with Gasteiger partial charge < -0.3 is 14.7 Å². The molecule has 5 nitrogen and oxygen atoms in total. The van der Waals surface area contributed by atoms with Gasteiger partial charge in [-0.3, -0.25) is 9.59 Å². The van der Waals surface area contributed by atoms with Crippen LogP contribution in [0.25, 0.3) is 5.76 Å². The molecule has 27 heavy (non-hydrogen) atoms. The van der Waals surface area contributed by atoms with E-state index in [0.29, 0.717) is 29.3 Å². The first-order valence-corrected chi connectivity index (χ1v) is 9.82. The van der Waals surface area contributed by atoms with Crippen molar-refractivity contribution >= 4 is 40.4 Å². The lowest BCUT2D eigenvalue weighted by Crippen LogP contribution is -2.30. The number of rotatable bonds is 5. The number of hydrogen-bond donors (Lipinski definition) is 1. The van der Waals surface area contributed by atoms with Gasteiger partial charge in [0.15, 0.2) is 0 Å². The van der Waals surface area contributed by atoms with Crippen molar-refractivity contribution in [1.82, 2.24) is 4.90 Å². The van der Waals surface area contributed by atoms with Crippen molar-refractivity contribution in [2.45, 2.75) is 26.3 Å². The molecular formula is C20H20ClNO4S. The van der Waals surface area contributed by atoms with Crippen LogP contribution in [0.1, 0.15) is 35.4 Å². The first-order valence-electron chi connectivity index (χ1n) is 8.57. The number of ether oxygens (including phenoxy) is 1. The second-order valence-corrected chi connectivity index (χ2v) is 7.66. The number of halogens is 1. The highest BCUT2D eigenvalue weighted by atomic mass is 35.5. The molecule has 7 heteroatoms. The molecule has 1 unspecified atom stereocenters. The van der Waals surface area contributed by atoms with Crippen molar-refractivity contribution in [3.63, 3.8) is 0 Å². The van der Waals surface area contributed by atoms with Crippen LogP contribution in [0.2, 0.25) is 5.02 Å². The Morgan fingerprint density at radius 2 is 2.07 bits per heavy atom. The Morgan fingerprint density at radius 3 is 2.63 bits per heavy atom. The molecule has 1 amide bonds. The zero-order chi connectivity index (χ0) is 19.7. The number of amides is 1. The third kappa shape index (κ3) is 3.35. The number of aryl methyl sites for hydroxylation is 1. The zero-order valence-corrected chi connectivity index (χ0v) is 16.9. The molecule has 0 saturated carbocycles. The van der Waals surface area contributed by atoms with Crippen molar-refractivity contribution in [2.75, 3.05) is 13.7 Å². The van der Waals surface area contributed by atoms with Gasteiger partial charge in [-0.15, -0.1) is 11.3 Å². The predicted octanol–water partition coefficient (Wildman–Crippen LogP) is 4.55. The number of benzene rings is 1. The summed E-state index contributed by atoms with van der Waals surface area (Å²) >= 11 is 7.63. The Kier molecular flexibility index (Phi) is 5.58. The molecule has 0 radical (unpaired) electrons. The highest BCUT2D eigenvalue weighted by molar-refractivity contribution is 7.10. The van der Waals surface area contributed by atoms with Gasteiger partial charge in [0.1, 0.15) is 11.5 Å². The number of hydrogen-bond acceptors (Lipinski definition) is 5. The summed E-state index contributed by atoms with van der Waals surface area (Å²) in [6.45, 7) is 4.32. The van der Waals surface area contributed by atoms with Crippen LogP contribution in [0, 0.1) is 6.92 Å². The molecular weight excluding hydrogens is 386 g/mol. The molecule has 1 atom stereocenters. The quantitative estimate of drug-likeness (QED) is 0.450. The van der Waals surface area contributed by atoms with Crippen molar-refractivity contribution in [3.05, 3.63) is 56.2 Å². The average molecular weight is 406 g/mol. The summed E-state index contributed by atoms with van der Waals surface area (Å²) in [5.41, 5.74) is 1.45. The third-order valence-electron chi connectivity index (χ3n) is 4.58. The van der Waals surface area contributed by atoms with Gasteiger partial charge in [-0.05, 0) is 48.6 Å². The van der Waals surface area contributed by atoms with Gasteiger partial charge in [0, 0.05) is 17.0 Å². The zero-order valence-electron chi connectivity index (χ0n) is 15.3. The molecule has 1 saturated heterocycles. The van der Waals surface area contributed by atoms with Crippen molar-refractivity contribution in [1.29, 1.82) is 0 Å². The molecule has 1 aromatic heterocycles. The van der Waals surface area contributed by atoms with E-state index in [1.807, 2.05) is 25.3 Å². The first kappa shape index (κ1) is 19.5. The van der Waals surface area contributed by atoms with Crippen LogP contribution in [0.15, 0.2) is 35.2 Å². The Labute approximate surface area is 166 Å². The summed E-state index contributed by atoms with van der Waals surface area (Å²) < 4.78 is 5.13. The fourth-order valence-corrected chi connectivity index (χ4v) is 4.56. The Bertz CT molecular complexity index is 934. The van der Waals surface area contributed by atoms with E-state index in [1.54, 1.807) is 12.1 Å². The number of nitrogens with zero attached hydrogens (tertiary/aromatic N) is 1. The minimum atomic E-state index is -0.675. The van der Waals surface area contributed by atoms with Crippen LogP contribution >= 0.6 is 22.9 Å². The summed E-state index contributed by atoms with van der Waals surface area (Å²) in [4.78, 5) is 27.8. The number of aliphatic hydroxyl groups excluding tert-OH is 1. The topological polar surface area (TPSA) is 66.8 Å². The van der Waals surface area contributed by atoms with Gasteiger partial charge in [-0.25, -0.2) is 0 Å². The summed E-state index contributed by atoms with van der Waals surface area (Å²) in [7, 11) is 1.50. The standard InChI is InChI=1S/C20H20ClNO4S/c1-4-8-22-16(19-11(2)7-9-27-19)15(18(24)20(22)25)17(23)12-5-6-14(26-3)13(21)10-12/h5-7,9-10,16,23H,4,8H2,1-3H3/b17-15-. The molecule has 1 N–H and O–H groups in total. The molecule has 2 heterocycles. The number of Topliss-reactive ketones (excluding diaryl/α,β-unsaturated/α-hetero) is 1. The van der Waals surface area contributed by atoms with E-state index in [1.165, 1.54) is 29.4 Å². The minimum Gasteiger partial charge on any atom is -0.507 e. The van der Waals surface area contributed by atoms with Crippen molar-refractivity contribution < 1.29 is 19.4 Å². The van der Waals surface area contributed by atoms with Gasteiger partial charge >= 0.3 is 0 Å². The number of methoxy groups -OCH3 is 1. The van der Waals surface area contributed by atoms with Crippen LogP contribution < -0.4 is 4.74 Å². The number of thiophene rings is 1. The normalized spacial score (nSPS) is 19.0. The second-order valence-electron chi connectivity index (χ2n) is 6.31. The Balaban J connectivity index is 2.19. The van der Waals surface area contributed by atoms with Crippen LogP contribution in [0.3, 0.4) is 0 Å². The smallest absolute Gasteiger partial charge is 0.295 e. The molecule has 1 aliphatic heterocycles. The van der Waals surface area contributed by atoms with Gasteiger partial charge in [0.05, 0.1) is 23.7 Å². The van der Waals surface area contributed by atoms with Crippen LogP contribution in [0.4, 0.5) is 0 Å². The summed E-state index contributed by atoms with van der Waals surface area (Å²) in [6, 6.07) is 6.11. The predicted molar refractivity (Wildman–Crippen MR) is 106 cm³/mol. The van der Waals surface area contributed by atoms with E-state index >= 15 is 0 Å². The van der Waals surface area contributed by atoms with Gasteiger partial charge in [-0.1, -0.05) is 18.5 Å². The lowest BCUT2D eigenvalue weighted by Gasteiger charge is -2.24. The largest absolute Gasteiger partial charge is 0.507 e. The Hall–Kier alpha value is -2.31. The average Bonchev–Trinajstić information content (AvgIpc) is 3.17. The summed E-state index contributed by atoms with van der Waals surface area (Å²) in [5.74, 6) is -1.03. The first-order chi connectivity index (χ1) is 12.9. The molecule has 3 rings (SSSR count). The molecule has 0 bridgehead atoms. The highest BCUT2D eigenvalue weighted by Crippen LogP contribution is 2.43. The Morgan fingerprint density at radius 1 is 1.33 bits per heavy atom. The SMILES string of the molecule is CCCN1C(=O)C(=O)/C(=C(\O)c2ccc(OC)c(Cl)c2)C1c1sccc1C. The minimum absolute atomic E-state index is 0.0974. The van der Waals surface area contributed by atoms with Crippen molar-refractivity contribution in [3.8, 4) is 5.75 Å². The van der Waals surface area contributed by atoms with Gasteiger partial charge in [0.2, 0.25) is 0 Å². The van der Waals surface area contributed by atoms with Crippen LogP contribution in [-0.2, 0) is 9.59 Å². The monoisotopic (exact) mass is 405 g/mol. The molecule has 0 spiro atoms. The number of likely N-dealkylation sites (tertiary alicyclic amines) is 1. The lowest BCUT2D eigenvalue weighted by atomic mass is 9.98. The summed E-state index contributed by atoms with van der Waals surface area (Å²) in [6.07, 6.45) is 0.711. The number of aliphatic hydroxyl groups is 1. The van der Waals surface area contributed by atoms with E-state index in [2.05, 4.69) is 0 Å². The van der Waals surface area contributed by atoms with Crippen molar-refractivity contribution in [2.24, 2.45) is 0 Å². The van der Waals surface area contributed by atoms with Gasteiger partial charge in [-0.2, -0.15) is 0 Å². The van der Waals surface area contributed by atoms with Gasteiger partial charge in [0.25, 0.3) is 11.7 Å². The maximum absolute atomic E-state index is 12.8. The molecule has 142 valence electrons. The molecule has 1 aliphatic rings. The van der Waals surface area contributed by atoms with Crippen LogP contribution in [0.5, 0.6) is 5.75 Å². The maximum atomic E-state index is 12.8. The molecule has 1 aromatic carbocycles. The molecule has 1 fully saturated rings. The van der Waals surface area contributed by atoms with E-state index < -0.39 is 17.7 Å². The number of carbonyl (C=O) groups is 2.